The van der Waals surface area contributed by atoms with Crippen LogP contribution in [0.25, 0.3) is 89.5 Å². The van der Waals surface area contributed by atoms with Gasteiger partial charge in [0.15, 0.2) is 24.8 Å². The SMILES string of the molecule is Cc1cc(-c2ccccc2C)[n+](C)cc1-c1ccccc1.Cc1ccccc1-c1cc(-c2ccccc2)cc[n+]1C.[2H]C([2H])([2H])c1ccc(-c2cc(C)c(-c3ccccc3)c[n+]2C)c(C)c1.[2H]C([2H])([2H])c1ccc(-c2ccc(-c3ccccc3)c[n+]2C)c(C)c1. The van der Waals surface area contributed by atoms with Gasteiger partial charge in [0.25, 0.3) is 0 Å². The molecule has 0 unspecified atom stereocenters. The predicted molar refractivity (Wildman–Crippen MR) is 352 cm³/mol. The zero-order valence-corrected chi connectivity index (χ0v) is 50.2. The first-order valence-corrected chi connectivity index (χ1v) is 28.6. The van der Waals surface area contributed by atoms with E-state index in [1.165, 1.54) is 83.7 Å². The minimum atomic E-state index is -2.07. The fraction of sp³-hybridized carbons (Fsp3) is 0.150. The van der Waals surface area contributed by atoms with Crippen LogP contribution in [0, 0.1) is 55.2 Å². The van der Waals surface area contributed by atoms with Crippen molar-refractivity contribution in [2.45, 2.75) is 55.2 Å². The van der Waals surface area contributed by atoms with Crippen LogP contribution in [-0.2, 0) is 28.2 Å². The Morgan fingerprint density at radius 3 is 1.01 bits per heavy atom. The molecule has 4 nitrogen and oxygen atoms in total. The molecule has 0 atom stereocenters. The molecule has 0 bridgehead atoms. The van der Waals surface area contributed by atoms with Gasteiger partial charge in [-0.15, -0.1) is 0 Å². The zero-order chi connectivity index (χ0) is 64.3. The first kappa shape index (κ1) is 51.3. The Balaban J connectivity index is 0.000000143. The number of benzene rings is 8. The summed E-state index contributed by atoms with van der Waals surface area (Å²) in [6, 6.07) is 82.5. The van der Waals surface area contributed by atoms with Crippen molar-refractivity contribution in [3.63, 3.8) is 0 Å². The van der Waals surface area contributed by atoms with Gasteiger partial charge in [-0.2, -0.15) is 0 Å². The fourth-order valence-electron chi connectivity index (χ4n) is 10.8. The highest BCUT2D eigenvalue weighted by Gasteiger charge is 2.19. The molecular formula is C80H80N4+4. The van der Waals surface area contributed by atoms with Crippen molar-refractivity contribution in [3.8, 4) is 89.5 Å². The van der Waals surface area contributed by atoms with E-state index in [4.69, 9.17) is 8.22 Å². The largest absolute Gasteiger partial charge is 0.213 e. The molecule has 0 aliphatic carbocycles. The van der Waals surface area contributed by atoms with Gasteiger partial charge in [-0.05, 0) is 147 Å². The molecule has 0 N–H and O–H groups in total. The minimum Gasteiger partial charge on any atom is -0.201 e. The molecule has 4 heteroatoms. The second-order valence-corrected chi connectivity index (χ2v) is 21.7. The standard InChI is InChI=1S/C21H22N.2C20H20N.C19H18N/c1-15-10-11-19(16(2)12-15)21-13-17(3)20(14-22(21)4)18-8-6-5-7-9-18;1-15-9-7-8-12-18(15)20-13-16(2)19(14-21(20)3)17-10-5-4-6-11-17;1-15-9-11-19(16(2)13-15)20-12-10-18(14-21(20)3)17-7-5-4-6-8-17;1-15-8-6-7-11-18(15)19-14-17(12-13-20(19)2)16-9-4-3-5-10-16/h5-14H,1-4H3;2*4-14H,1-3H3;3-14H,1-2H3/q4*+1/i1D3;;1D3;. The van der Waals surface area contributed by atoms with E-state index in [0.717, 1.165) is 39.2 Å². The van der Waals surface area contributed by atoms with Crippen LogP contribution < -0.4 is 18.3 Å². The van der Waals surface area contributed by atoms with E-state index in [0.29, 0.717) is 11.1 Å². The summed E-state index contributed by atoms with van der Waals surface area (Å²) in [5.74, 6) is 0. The van der Waals surface area contributed by atoms with Crippen LogP contribution in [0.5, 0.6) is 0 Å². The topological polar surface area (TPSA) is 15.5 Å². The van der Waals surface area contributed by atoms with Crippen LogP contribution in [0.4, 0.5) is 0 Å². The highest BCUT2D eigenvalue weighted by molar-refractivity contribution is 5.73. The summed E-state index contributed by atoms with van der Waals surface area (Å²) in [5, 5.41) is 0. The van der Waals surface area contributed by atoms with Gasteiger partial charge < -0.3 is 0 Å². The molecule has 0 amide bonds. The van der Waals surface area contributed by atoms with Crippen LogP contribution in [0.15, 0.2) is 267 Å². The van der Waals surface area contributed by atoms with E-state index in [2.05, 4.69) is 255 Å². The monoisotopic (exact) mass is 1100 g/mol. The normalized spacial score (nSPS) is 12.0. The summed E-state index contributed by atoms with van der Waals surface area (Å²) >= 11 is 0. The fourth-order valence-corrected chi connectivity index (χ4v) is 10.8. The van der Waals surface area contributed by atoms with Crippen molar-refractivity contribution in [3.05, 3.63) is 312 Å². The summed E-state index contributed by atoms with van der Waals surface area (Å²) in [7, 11) is 8.25. The van der Waals surface area contributed by atoms with E-state index in [9.17, 15) is 0 Å². The van der Waals surface area contributed by atoms with Crippen molar-refractivity contribution < 1.29 is 26.5 Å². The summed E-state index contributed by atoms with van der Waals surface area (Å²) < 4.78 is 53.9. The average molecular weight is 1100 g/mol. The van der Waals surface area contributed by atoms with Crippen LogP contribution in [-0.4, -0.2) is 0 Å². The number of aromatic nitrogens is 4. The van der Waals surface area contributed by atoms with Gasteiger partial charge in [-0.3, -0.25) is 0 Å². The van der Waals surface area contributed by atoms with Crippen molar-refractivity contribution in [2.24, 2.45) is 28.2 Å². The van der Waals surface area contributed by atoms with E-state index in [1.54, 1.807) is 24.3 Å². The lowest BCUT2D eigenvalue weighted by molar-refractivity contribution is -0.660. The van der Waals surface area contributed by atoms with E-state index < -0.39 is 13.7 Å². The predicted octanol–water partition coefficient (Wildman–Crippen LogP) is 17.8. The van der Waals surface area contributed by atoms with Crippen LogP contribution >= 0.6 is 0 Å². The smallest absolute Gasteiger partial charge is 0.201 e. The maximum Gasteiger partial charge on any atom is 0.213 e. The number of nitrogens with zero attached hydrogens (tertiary/aromatic N) is 4. The van der Waals surface area contributed by atoms with E-state index >= 15 is 0 Å². The van der Waals surface area contributed by atoms with Crippen molar-refractivity contribution in [1.29, 1.82) is 0 Å². The molecule has 0 fully saturated rings. The summed E-state index contributed by atoms with van der Waals surface area (Å²) in [6.07, 6.45) is 8.59. The molecular weight excluding hydrogens is 1020 g/mol. The lowest BCUT2D eigenvalue weighted by Gasteiger charge is -2.10. The number of hydrogen-bond acceptors (Lipinski definition) is 0. The Labute approximate surface area is 509 Å². The Morgan fingerprint density at radius 2 is 0.595 bits per heavy atom. The third-order valence-corrected chi connectivity index (χ3v) is 15.5. The first-order chi connectivity index (χ1) is 43.0. The Kier molecular flexibility index (Phi) is 16.7. The van der Waals surface area contributed by atoms with Gasteiger partial charge in [0, 0.05) is 77.5 Å². The third kappa shape index (κ3) is 14.3. The summed E-state index contributed by atoms with van der Waals surface area (Å²) in [5.41, 5.74) is 26.9. The van der Waals surface area contributed by atoms with E-state index in [-0.39, 0.29) is 0 Å². The van der Waals surface area contributed by atoms with Crippen LogP contribution in [0.2, 0.25) is 0 Å². The summed E-state index contributed by atoms with van der Waals surface area (Å²) in [4.78, 5) is 0. The van der Waals surface area contributed by atoms with Crippen molar-refractivity contribution in [1.82, 2.24) is 0 Å². The third-order valence-electron chi connectivity index (χ3n) is 15.5. The van der Waals surface area contributed by atoms with Gasteiger partial charge in [-0.1, -0.05) is 193 Å². The molecule has 0 saturated heterocycles. The van der Waals surface area contributed by atoms with Crippen LogP contribution in [0.1, 0.15) is 52.7 Å². The van der Waals surface area contributed by atoms with Crippen LogP contribution in [0.3, 0.4) is 0 Å². The molecule has 0 spiro atoms. The van der Waals surface area contributed by atoms with Gasteiger partial charge in [0.2, 0.25) is 22.8 Å². The molecule has 0 saturated carbocycles. The van der Waals surface area contributed by atoms with Gasteiger partial charge >= 0.3 is 0 Å². The van der Waals surface area contributed by atoms with Gasteiger partial charge in [0.1, 0.15) is 28.2 Å². The quantitative estimate of drug-likeness (QED) is 0.135. The second kappa shape index (κ2) is 27.4. The number of aryl methyl sites for hydroxylation is 12. The lowest BCUT2D eigenvalue weighted by Crippen LogP contribution is -2.31. The van der Waals surface area contributed by atoms with Crippen molar-refractivity contribution in [2.75, 3.05) is 0 Å². The highest BCUT2D eigenvalue weighted by Crippen LogP contribution is 2.31. The van der Waals surface area contributed by atoms with E-state index in [1.807, 2.05) is 76.5 Å². The number of pyridine rings is 4. The highest BCUT2D eigenvalue weighted by atomic mass is 14.9. The molecule has 12 aromatic rings. The molecule has 84 heavy (non-hydrogen) atoms. The maximum atomic E-state index is 7.57. The minimum absolute atomic E-state index is 0.382. The maximum absolute atomic E-state index is 7.57. The number of rotatable bonds is 8. The zero-order valence-electron chi connectivity index (χ0n) is 56.2. The van der Waals surface area contributed by atoms with Crippen molar-refractivity contribution >= 4 is 0 Å². The van der Waals surface area contributed by atoms with Gasteiger partial charge in [0.05, 0.1) is 0 Å². The lowest BCUT2D eigenvalue weighted by atomic mass is 9.97. The Bertz CT molecular complexity index is 4430. The Hall–Kier alpha value is -9.64. The molecule has 0 aliphatic rings. The number of hydrogen-bond donors (Lipinski definition) is 0. The first-order valence-electron chi connectivity index (χ1n) is 31.6. The average Bonchev–Trinajstić information content (AvgIpc) is 1.12. The molecule has 4 aromatic heterocycles. The molecule has 4 heterocycles. The Morgan fingerprint density at radius 1 is 0.238 bits per heavy atom. The summed E-state index contributed by atoms with van der Waals surface area (Å²) in [6.45, 7) is 8.39. The second-order valence-electron chi connectivity index (χ2n) is 21.7. The van der Waals surface area contributed by atoms with Gasteiger partial charge in [-0.25, -0.2) is 18.3 Å². The molecule has 416 valence electrons. The molecule has 0 aliphatic heterocycles. The molecule has 12 rings (SSSR count). The molecule has 8 aromatic carbocycles. The molecule has 0 radical (unpaired) electrons.